The van der Waals surface area contributed by atoms with E-state index in [-0.39, 0.29) is 12.5 Å². The van der Waals surface area contributed by atoms with Crippen molar-refractivity contribution < 1.29 is 9.90 Å². The van der Waals surface area contributed by atoms with Crippen LogP contribution in [0.25, 0.3) is 0 Å². The lowest BCUT2D eigenvalue weighted by Gasteiger charge is -2.14. The maximum Gasteiger partial charge on any atom is 0.236 e. The Morgan fingerprint density at radius 3 is 2.53 bits per heavy atom. The van der Waals surface area contributed by atoms with Crippen LogP contribution in [-0.2, 0) is 4.79 Å². The fourth-order valence-corrected chi connectivity index (χ4v) is 1.40. The standard InChI is InChI=1S/C12H17ClN2O2/c1-15(2)12(17)8-14-7-11(16)9-3-5-10(13)6-4-9/h3-6,11,14,16H,7-8H2,1-2H3. The van der Waals surface area contributed by atoms with E-state index in [1.54, 1.807) is 38.4 Å². The van der Waals surface area contributed by atoms with Gasteiger partial charge in [0.15, 0.2) is 0 Å². The van der Waals surface area contributed by atoms with Crippen molar-refractivity contribution in [2.24, 2.45) is 0 Å². The number of hydrogen-bond acceptors (Lipinski definition) is 3. The number of nitrogens with zero attached hydrogens (tertiary/aromatic N) is 1. The summed E-state index contributed by atoms with van der Waals surface area (Å²) in [6.07, 6.45) is -0.637. The van der Waals surface area contributed by atoms with Gasteiger partial charge in [-0.1, -0.05) is 23.7 Å². The van der Waals surface area contributed by atoms with Crippen LogP contribution >= 0.6 is 11.6 Å². The molecule has 0 aliphatic heterocycles. The van der Waals surface area contributed by atoms with Crippen molar-refractivity contribution in [3.63, 3.8) is 0 Å². The maximum atomic E-state index is 11.3. The van der Waals surface area contributed by atoms with Crippen LogP contribution < -0.4 is 5.32 Å². The molecule has 0 aliphatic carbocycles. The van der Waals surface area contributed by atoms with Gasteiger partial charge < -0.3 is 15.3 Å². The summed E-state index contributed by atoms with van der Waals surface area (Å²) in [4.78, 5) is 12.8. The Morgan fingerprint density at radius 2 is 2.00 bits per heavy atom. The molecule has 0 fully saturated rings. The van der Waals surface area contributed by atoms with Crippen molar-refractivity contribution in [1.29, 1.82) is 0 Å². The van der Waals surface area contributed by atoms with Crippen LogP contribution in [-0.4, -0.2) is 43.1 Å². The van der Waals surface area contributed by atoms with E-state index in [1.165, 1.54) is 4.90 Å². The molecule has 1 amide bonds. The molecule has 0 saturated heterocycles. The first-order valence-corrected chi connectivity index (χ1v) is 5.73. The van der Waals surface area contributed by atoms with Crippen LogP contribution in [0.4, 0.5) is 0 Å². The number of rotatable bonds is 5. The third kappa shape index (κ3) is 4.73. The Balaban J connectivity index is 2.37. The third-order valence-corrected chi connectivity index (χ3v) is 2.62. The lowest BCUT2D eigenvalue weighted by Crippen LogP contribution is -2.34. The van der Waals surface area contributed by atoms with E-state index < -0.39 is 6.10 Å². The lowest BCUT2D eigenvalue weighted by molar-refractivity contribution is -0.127. The fraction of sp³-hybridized carbons (Fsp3) is 0.417. The molecule has 17 heavy (non-hydrogen) atoms. The minimum Gasteiger partial charge on any atom is -0.387 e. The number of aliphatic hydroxyl groups is 1. The molecular weight excluding hydrogens is 240 g/mol. The zero-order valence-electron chi connectivity index (χ0n) is 9.98. The summed E-state index contributed by atoms with van der Waals surface area (Å²) >= 11 is 5.75. The molecule has 2 N–H and O–H groups in total. The molecule has 1 aromatic rings. The highest BCUT2D eigenvalue weighted by atomic mass is 35.5. The lowest BCUT2D eigenvalue weighted by atomic mass is 10.1. The van der Waals surface area contributed by atoms with Gasteiger partial charge in [0, 0.05) is 25.7 Å². The molecule has 1 aromatic carbocycles. The summed E-state index contributed by atoms with van der Waals surface area (Å²) in [5.41, 5.74) is 0.777. The van der Waals surface area contributed by atoms with Crippen molar-refractivity contribution in [3.8, 4) is 0 Å². The van der Waals surface area contributed by atoms with Gasteiger partial charge in [-0.25, -0.2) is 0 Å². The molecule has 1 rings (SSSR count). The number of benzene rings is 1. The summed E-state index contributed by atoms with van der Waals surface area (Å²) < 4.78 is 0. The van der Waals surface area contributed by atoms with Crippen LogP contribution in [0.5, 0.6) is 0 Å². The molecule has 0 heterocycles. The quantitative estimate of drug-likeness (QED) is 0.828. The third-order valence-electron chi connectivity index (χ3n) is 2.37. The first-order chi connectivity index (χ1) is 8.00. The second kappa shape index (κ2) is 6.59. The van der Waals surface area contributed by atoms with Crippen LogP contribution in [0.15, 0.2) is 24.3 Å². The monoisotopic (exact) mass is 256 g/mol. The largest absolute Gasteiger partial charge is 0.387 e. The minimum absolute atomic E-state index is 0.0201. The van der Waals surface area contributed by atoms with Gasteiger partial charge in [0.1, 0.15) is 0 Å². The predicted molar refractivity (Wildman–Crippen MR) is 68.0 cm³/mol. The van der Waals surface area contributed by atoms with Crippen molar-refractivity contribution in [1.82, 2.24) is 10.2 Å². The highest BCUT2D eigenvalue weighted by Crippen LogP contribution is 2.15. The Labute approximate surface area is 106 Å². The number of carbonyl (C=O) groups excluding carboxylic acids is 1. The Bertz CT molecular complexity index is 365. The molecule has 5 heteroatoms. The SMILES string of the molecule is CN(C)C(=O)CNCC(O)c1ccc(Cl)cc1. The first-order valence-electron chi connectivity index (χ1n) is 5.35. The van der Waals surface area contributed by atoms with E-state index in [4.69, 9.17) is 11.6 Å². The highest BCUT2D eigenvalue weighted by Gasteiger charge is 2.08. The number of amides is 1. The van der Waals surface area contributed by atoms with Gasteiger partial charge in [0.2, 0.25) is 5.91 Å². The average Bonchev–Trinajstić information content (AvgIpc) is 2.29. The number of hydrogen-bond donors (Lipinski definition) is 2. The van der Waals surface area contributed by atoms with Crippen molar-refractivity contribution in [2.45, 2.75) is 6.10 Å². The van der Waals surface area contributed by atoms with E-state index in [1.807, 2.05) is 0 Å². The summed E-state index contributed by atoms with van der Waals surface area (Å²) in [7, 11) is 3.39. The first kappa shape index (κ1) is 14.0. The number of aliphatic hydroxyl groups excluding tert-OH is 1. The number of halogens is 1. The summed E-state index contributed by atoms with van der Waals surface area (Å²) in [5, 5.41) is 13.4. The second-order valence-electron chi connectivity index (χ2n) is 3.99. The van der Waals surface area contributed by atoms with Crippen LogP contribution in [0.1, 0.15) is 11.7 Å². The van der Waals surface area contributed by atoms with Crippen LogP contribution in [0.2, 0.25) is 5.02 Å². The normalized spacial score (nSPS) is 12.2. The predicted octanol–water partition coefficient (Wildman–Crippen LogP) is 1.05. The summed E-state index contributed by atoms with van der Waals surface area (Å²) in [5.74, 6) is -0.0201. The van der Waals surface area contributed by atoms with Gasteiger partial charge >= 0.3 is 0 Å². The van der Waals surface area contributed by atoms with Gasteiger partial charge in [0.05, 0.1) is 12.6 Å². The van der Waals surface area contributed by atoms with Crippen molar-refractivity contribution in [2.75, 3.05) is 27.2 Å². The van der Waals surface area contributed by atoms with Crippen molar-refractivity contribution >= 4 is 17.5 Å². The molecule has 94 valence electrons. The smallest absolute Gasteiger partial charge is 0.236 e. The van der Waals surface area contributed by atoms with Crippen molar-refractivity contribution in [3.05, 3.63) is 34.9 Å². The van der Waals surface area contributed by atoms with E-state index in [9.17, 15) is 9.90 Å². The number of likely N-dealkylation sites (N-methyl/N-ethyl adjacent to an activating group) is 1. The fourth-order valence-electron chi connectivity index (χ4n) is 1.28. The van der Waals surface area contributed by atoms with Crippen LogP contribution in [0.3, 0.4) is 0 Å². The maximum absolute atomic E-state index is 11.3. The topological polar surface area (TPSA) is 52.6 Å². The molecular formula is C12H17ClN2O2. The Kier molecular flexibility index (Phi) is 5.41. The molecule has 4 nitrogen and oxygen atoms in total. The molecule has 0 bridgehead atoms. The second-order valence-corrected chi connectivity index (χ2v) is 4.42. The molecule has 1 unspecified atom stereocenters. The zero-order chi connectivity index (χ0) is 12.8. The van der Waals surface area contributed by atoms with Crippen LogP contribution in [0, 0.1) is 0 Å². The zero-order valence-corrected chi connectivity index (χ0v) is 10.7. The highest BCUT2D eigenvalue weighted by molar-refractivity contribution is 6.30. The van der Waals surface area contributed by atoms with Gasteiger partial charge in [-0.3, -0.25) is 4.79 Å². The minimum atomic E-state index is -0.637. The van der Waals surface area contributed by atoms with E-state index in [2.05, 4.69) is 5.32 Å². The Morgan fingerprint density at radius 1 is 1.41 bits per heavy atom. The molecule has 0 saturated carbocycles. The number of carbonyl (C=O) groups is 1. The summed E-state index contributed by atoms with van der Waals surface area (Å²) in [6.45, 7) is 0.554. The number of nitrogens with one attached hydrogen (secondary N) is 1. The summed E-state index contributed by atoms with van der Waals surface area (Å²) in [6, 6.07) is 6.99. The molecule has 0 radical (unpaired) electrons. The van der Waals surface area contributed by atoms with Gasteiger partial charge in [-0.05, 0) is 17.7 Å². The molecule has 1 atom stereocenters. The van der Waals surface area contributed by atoms with E-state index >= 15 is 0 Å². The van der Waals surface area contributed by atoms with Gasteiger partial charge in [-0.15, -0.1) is 0 Å². The Hall–Kier alpha value is -1.10. The molecule has 0 spiro atoms. The average molecular weight is 257 g/mol. The van der Waals surface area contributed by atoms with E-state index in [0.29, 0.717) is 11.6 Å². The van der Waals surface area contributed by atoms with Gasteiger partial charge in [0.25, 0.3) is 0 Å². The molecule has 0 aromatic heterocycles. The van der Waals surface area contributed by atoms with Gasteiger partial charge in [-0.2, -0.15) is 0 Å². The van der Waals surface area contributed by atoms with E-state index in [0.717, 1.165) is 5.56 Å². The molecule has 0 aliphatic rings.